The number of carbonyl (C=O) groups excluding carboxylic acids is 1. The number of rotatable bonds is 5. The van der Waals surface area contributed by atoms with Crippen LogP contribution in [0, 0.1) is 0 Å². The number of carbonyl (C=O) groups is 1. The molecule has 21 heavy (non-hydrogen) atoms. The fourth-order valence-electron chi connectivity index (χ4n) is 2.05. The van der Waals surface area contributed by atoms with E-state index in [9.17, 15) is 4.79 Å². The minimum Gasteiger partial charge on any atom is -0.377 e. The van der Waals surface area contributed by atoms with Crippen molar-refractivity contribution in [3.8, 4) is 0 Å². The molecule has 4 nitrogen and oxygen atoms in total. The van der Waals surface area contributed by atoms with E-state index in [4.69, 9.17) is 0 Å². The predicted molar refractivity (Wildman–Crippen MR) is 84.0 cm³/mol. The molecular weight excluding hydrogens is 262 g/mol. The van der Waals surface area contributed by atoms with Gasteiger partial charge in [0.05, 0.1) is 0 Å². The molecule has 0 unspecified atom stereocenters. The third-order valence-electron chi connectivity index (χ3n) is 3.49. The maximum atomic E-state index is 12.2. The van der Waals surface area contributed by atoms with Gasteiger partial charge in [-0.2, -0.15) is 4.57 Å². The molecule has 1 aromatic heterocycles. The Morgan fingerprint density at radius 3 is 2.33 bits per heavy atom. The van der Waals surface area contributed by atoms with Crippen molar-refractivity contribution in [1.29, 1.82) is 0 Å². The van der Waals surface area contributed by atoms with Crippen LogP contribution in [0.1, 0.15) is 18.5 Å². The Kier molecular flexibility index (Phi) is 4.93. The van der Waals surface area contributed by atoms with Crippen LogP contribution in [0.15, 0.2) is 54.9 Å². The quantitative estimate of drug-likeness (QED) is 0.852. The SMILES string of the molecule is C[C@@H](C(=O)NCc1ccccc1)[n+]1ccc(N(C)C)cc1. The van der Waals surface area contributed by atoms with Crippen LogP contribution in [-0.4, -0.2) is 20.0 Å². The summed E-state index contributed by atoms with van der Waals surface area (Å²) in [5.41, 5.74) is 2.22. The summed E-state index contributed by atoms with van der Waals surface area (Å²) in [5.74, 6) is 0.0152. The maximum absolute atomic E-state index is 12.2. The number of anilines is 1. The standard InChI is InChI=1S/C17H21N3O/c1-14(20-11-9-16(10-12-20)19(2)3)17(21)18-13-15-7-5-4-6-8-15/h4-12,14H,13H2,1-3H3/p+1/t14-/m0/s1. The number of aromatic nitrogens is 1. The van der Waals surface area contributed by atoms with Gasteiger partial charge < -0.3 is 10.2 Å². The number of hydrogen-bond donors (Lipinski definition) is 1. The third kappa shape index (κ3) is 4.05. The molecule has 0 radical (unpaired) electrons. The Balaban J connectivity index is 1.95. The summed E-state index contributed by atoms with van der Waals surface area (Å²) in [4.78, 5) is 14.2. The van der Waals surface area contributed by atoms with Crippen LogP contribution in [0.5, 0.6) is 0 Å². The Labute approximate surface area is 126 Å². The molecule has 4 heteroatoms. The predicted octanol–water partition coefficient (Wildman–Crippen LogP) is 1.92. The van der Waals surface area contributed by atoms with Gasteiger partial charge in [0.1, 0.15) is 0 Å². The van der Waals surface area contributed by atoms with Crippen LogP contribution in [0.2, 0.25) is 0 Å². The zero-order valence-electron chi connectivity index (χ0n) is 12.8. The molecule has 0 aliphatic carbocycles. The molecule has 2 aromatic rings. The van der Waals surface area contributed by atoms with Crippen molar-refractivity contribution in [2.24, 2.45) is 0 Å². The lowest BCUT2D eigenvalue weighted by Crippen LogP contribution is -2.46. The van der Waals surface area contributed by atoms with Gasteiger partial charge in [0, 0.05) is 45.4 Å². The summed E-state index contributed by atoms with van der Waals surface area (Å²) in [6, 6.07) is 13.7. The summed E-state index contributed by atoms with van der Waals surface area (Å²) in [5, 5.41) is 2.96. The van der Waals surface area contributed by atoms with Crippen LogP contribution in [0.3, 0.4) is 0 Å². The second-order valence-corrected chi connectivity index (χ2v) is 5.28. The van der Waals surface area contributed by atoms with Crippen LogP contribution < -0.4 is 14.8 Å². The monoisotopic (exact) mass is 284 g/mol. The first-order chi connectivity index (χ1) is 10.1. The number of pyridine rings is 1. The average Bonchev–Trinajstić information content (AvgIpc) is 2.53. The molecule has 1 aromatic carbocycles. The van der Waals surface area contributed by atoms with E-state index in [1.165, 1.54) is 0 Å². The van der Waals surface area contributed by atoms with Gasteiger partial charge in [-0.25, -0.2) is 0 Å². The summed E-state index contributed by atoms with van der Waals surface area (Å²) in [7, 11) is 3.99. The van der Waals surface area contributed by atoms with Crippen LogP contribution in [0.25, 0.3) is 0 Å². The molecule has 1 atom stereocenters. The van der Waals surface area contributed by atoms with Crippen LogP contribution >= 0.6 is 0 Å². The van der Waals surface area contributed by atoms with Gasteiger partial charge in [-0.3, -0.25) is 4.79 Å². The maximum Gasteiger partial charge on any atom is 0.289 e. The highest BCUT2D eigenvalue weighted by molar-refractivity contribution is 5.78. The highest BCUT2D eigenvalue weighted by Crippen LogP contribution is 2.07. The van der Waals surface area contributed by atoms with Crippen molar-refractivity contribution in [1.82, 2.24) is 5.32 Å². The summed E-state index contributed by atoms with van der Waals surface area (Å²) in [6.45, 7) is 2.45. The van der Waals surface area contributed by atoms with Gasteiger partial charge >= 0.3 is 0 Å². The summed E-state index contributed by atoms with van der Waals surface area (Å²) in [6.07, 6.45) is 3.87. The van der Waals surface area contributed by atoms with Crippen molar-refractivity contribution in [2.45, 2.75) is 19.5 Å². The molecule has 1 heterocycles. The smallest absolute Gasteiger partial charge is 0.289 e. The molecule has 0 saturated heterocycles. The van der Waals surface area contributed by atoms with E-state index in [2.05, 4.69) is 5.32 Å². The van der Waals surface area contributed by atoms with Gasteiger partial charge in [-0.05, 0) is 5.56 Å². The molecule has 0 aliphatic rings. The fraction of sp³-hybridized carbons (Fsp3) is 0.294. The summed E-state index contributed by atoms with van der Waals surface area (Å²) >= 11 is 0. The lowest BCUT2D eigenvalue weighted by atomic mass is 10.2. The molecule has 0 fully saturated rings. The Morgan fingerprint density at radius 1 is 1.14 bits per heavy atom. The van der Waals surface area contributed by atoms with Gasteiger partial charge in [0.2, 0.25) is 6.04 Å². The van der Waals surface area contributed by atoms with Crippen molar-refractivity contribution in [2.75, 3.05) is 19.0 Å². The lowest BCUT2D eigenvalue weighted by Gasteiger charge is -2.12. The highest BCUT2D eigenvalue weighted by Gasteiger charge is 2.21. The Bertz CT molecular complexity index is 579. The molecule has 110 valence electrons. The number of nitrogens with one attached hydrogen (secondary N) is 1. The fourth-order valence-corrected chi connectivity index (χ4v) is 2.05. The normalized spacial score (nSPS) is 11.8. The van der Waals surface area contributed by atoms with E-state index in [1.807, 2.05) is 85.3 Å². The second kappa shape index (κ2) is 6.88. The van der Waals surface area contributed by atoms with E-state index in [1.54, 1.807) is 0 Å². The van der Waals surface area contributed by atoms with Gasteiger partial charge in [0.25, 0.3) is 5.91 Å². The largest absolute Gasteiger partial charge is 0.377 e. The zero-order chi connectivity index (χ0) is 15.2. The first-order valence-corrected chi connectivity index (χ1v) is 7.07. The molecule has 0 saturated carbocycles. The van der Waals surface area contributed by atoms with Gasteiger partial charge in [-0.1, -0.05) is 30.3 Å². The topological polar surface area (TPSA) is 36.2 Å². The molecule has 0 aliphatic heterocycles. The van der Waals surface area contributed by atoms with E-state index in [0.29, 0.717) is 6.54 Å². The van der Waals surface area contributed by atoms with Crippen molar-refractivity contribution in [3.05, 3.63) is 60.4 Å². The molecular formula is C17H22N3O+. The van der Waals surface area contributed by atoms with Gasteiger partial charge in [-0.15, -0.1) is 0 Å². The first-order valence-electron chi connectivity index (χ1n) is 7.07. The number of benzene rings is 1. The Morgan fingerprint density at radius 2 is 1.76 bits per heavy atom. The summed E-state index contributed by atoms with van der Waals surface area (Å²) < 4.78 is 1.91. The van der Waals surface area contributed by atoms with E-state index in [-0.39, 0.29) is 11.9 Å². The minimum atomic E-state index is -0.232. The third-order valence-corrected chi connectivity index (χ3v) is 3.49. The second-order valence-electron chi connectivity index (χ2n) is 5.28. The van der Waals surface area contributed by atoms with E-state index < -0.39 is 0 Å². The molecule has 2 rings (SSSR count). The van der Waals surface area contributed by atoms with Crippen molar-refractivity contribution in [3.63, 3.8) is 0 Å². The highest BCUT2D eigenvalue weighted by atomic mass is 16.2. The number of hydrogen-bond acceptors (Lipinski definition) is 2. The minimum absolute atomic E-state index is 0.0152. The Hall–Kier alpha value is -2.36. The molecule has 1 amide bonds. The van der Waals surface area contributed by atoms with E-state index in [0.717, 1.165) is 11.3 Å². The zero-order valence-corrected chi connectivity index (χ0v) is 12.8. The number of amides is 1. The lowest BCUT2D eigenvalue weighted by molar-refractivity contribution is -0.706. The molecule has 1 N–H and O–H groups in total. The van der Waals surface area contributed by atoms with Crippen molar-refractivity contribution < 1.29 is 9.36 Å². The van der Waals surface area contributed by atoms with Crippen LogP contribution in [0.4, 0.5) is 5.69 Å². The number of nitrogens with zero attached hydrogens (tertiary/aromatic N) is 2. The first kappa shape index (κ1) is 15.0. The van der Waals surface area contributed by atoms with Crippen LogP contribution in [-0.2, 0) is 11.3 Å². The van der Waals surface area contributed by atoms with E-state index >= 15 is 0 Å². The van der Waals surface area contributed by atoms with Gasteiger partial charge in [0.15, 0.2) is 12.4 Å². The average molecular weight is 284 g/mol. The van der Waals surface area contributed by atoms with Crippen molar-refractivity contribution >= 4 is 11.6 Å². The molecule has 0 spiro atoms. The molecule has 0 bridgehead atoms.